The molecule has 0 heterocycles. The number of benzene rings is 1. The third kappa shape index (κ3) is 2.38. The van der Waals surface area contributed by atoms with Crippen LogP contribution in [0.3, 0.4) is 0 Å². The molecule has 2 nitrogen and oxygen atoms in total. The summed E-state index contributed by atoms with van der Waals surface area (Å²) < 4.78 is 40.9. The van der Waals surface area contributed by atoms with E-state index < -0.39 is 12.3 Å². The van der Waals surface area contributed by atoms with Crippen LogP contribution in [-0.4, -0.2) is 18.4 Å². The highest BCUT2D eigenvalue weighted by atomic mass is 19.4. The Kier molecular flexibility index (Phi) is 3.00. The van der Waals surface area contributed by atoms with Crippen molar-refractivity contribution in [3.63, 3.8) is 0 Å². The Bertz CT molecular complexity index is 292. The second-order valence-corrected chi connectivity index (χ2v) is 2.72. The van der Waals surface area contributed by atoms with E-state index in [1.54, 1.807) is 0 Å². The van der Waals surface area contributed by atoms with Crippen molar-refractivity contribution in [1.82, 2.24) is 0 Å². The van der Waals surface area contributed by atoms with Gasteiger partial charge in [-0.3, -0.25) is 0 Å². The highest BCUT2D eigenvalue weighted by molar-refractivity contribution is 5.28. The van der Waals surface area contributed by atoms with Gasteiger partial charge in [-0.15, -0.1) is 0 Å². The highest BCUT2D eigenvalue weighted by Crippen LogP contribution is 2.32. The van der Waals surface area contributed by atoms with Gasteiger partial charge in [0.25, 0.3) is 0 Å². The number of rotatable bonds is 2. The molecule has 0 radical (unpaired) electrons. The molecule has 0 aromatic heterocycles. The molecule has 0 aliphatic carbocycles. The quantitative estimate of drug-likeness (QED) is 0.804. The lowest BCUT2D eigenvalue weighted by molar-refractivity contribution is -0.206. The molecule has 0 saturated heterocycles. The lowest BCUT2D eigenvalue weighted by atomic mass is 10.1. The van der Waals surface area contributed by atoms with Crippen LogP contribution >= 0.6 is 0 Å². The van der Waals surface area contributed by atoms with Crippen LogP contribution in [-0.2, 0) is 0 Å². The van der Waals surface area contributed by atoms with Crippen molar-refractivity contribution in [3.05, 3.63) is 29.8 Å². The maximum Gasteiger partial charge on any atom is 0.418 e. The van der Waals surface area contributed by atoms with Gasteiger partial charge in [0.1, 0.15) is 5.75 Å². The van der Waals surface area contributed by atoms with Crippen LogP contribution in [0.25, 0.3) is 0 Å². The molecule has 0 spiro atoms. The lowest BCUT2D eigenvalue weighted by Crippen LogP contribution is -2.19. The smallest absolute Gasteiger partial charge is 0.418 e. The summed E-state index contributed by atoms with van der Waals surface area (Å²) in [5, 5.41) is 8.85. The minimum absolute atomic E-state index is 0.196. The van der Waals surface area contributed by atoms with Crippen molar-refractivity contribution in [2.45, 2.75) is 12.3 Å². The average molecular weight is 206 g/mol. The summed E-state index contributed by atoms with van der Waals surface area (Å²) in [6.45, 7) is 0. The summed E-state index contributed by atoms with van der Waals surface area (Å²) in [5.41, 5.74) is -0.196. The number of ether oxygens (including phenoxy) is 1. The first-order chi connectivity index (χ1) is 6.45. The molecular weight excluding hydrogens is 197 g/mol. The highest BCUT2D eigenvalue weighted by Gasteiger charge is 2.39. The van der Waals surface area contributed by atoms with Gasteiger partial charge in [-0.25, -0.2) is 0 Å². The number of aliphatic hydroxyl groups is 1. The molecule has 5 heteroatoms. The van der Waals surface area contributed by atoms with Crippen LogP contribution in [0.5, 0.6) is 5.75 Å². The zero-order valence-electron chi connectivity index (χ0n) is 7.38. The third-order valence-electron chi connectivity index (χ3n) is 1.74. The van der Waals surface area contributed by atoms with Gasteiger partial charge < -0.3 is 9.84 Å². The van der Waals surface area contributed by atoms with Crippen molar-refractivity contribution < 1.29 is 23.0 Å². The fourth-order valence-electron chi connectivity index (χ4n) is 0.975. The monoisotopic (exact) mass is 206 g/mol. The van der Waals surface area contributed by atoms with E-state index in [-0.39, 0.29) is 5.56 Å². The lowest BCUT2D eigenvalue weighted by Gasteiger charge is -2.14. The fourth-order valence-corrected chi connectivity index (χ4v) is 0.975. The first kappa shape index (κ1) is 10.8. The summed E-state index contributed by atoms with van der Waals surface area (Å²) in [6, 6.07) is 5.09. The van der Waals surface area contributed by atoms with Crippen molar-refractivity contribution in [2.24, 2.45) is 0 Å². The molecule has 78 valence electrons. The van der Waals surface area contributed by atoms with Crippen LogP contribution in [0.15, 0.2) is 24.3 Å². The maximum atomic E-state index is 12.0. The molecule has 1 aromatic rings. The molecule has 0 aliphatic rings. The van der Waals surface area contributed by atoms with Gasteiger partial charge in [0.05, 0.1) is 7.11 Å². The third-order valence-corrected chi connectivity index (χ3v) is 1.74. The van der Waals surface area contributed by atoms with Gasteiger partial charge in [0.15, 0.2) is 6.10 Å². The predicted molar refractivity (Wildman–Crippen MR) is 44.0 cm³/mol. The van der Waals surface area contributed by atoms with Crippen LogP contribution in [0.2, 0.25) is 0 Å². The summed E-state index contributed by atoms with van der Waals surface area (Å²) in [6.07, 6.45) is -7.07. The molecule has 0 unspecified atom stereocenters. The van der Waals surface area contributed by atoms with Gasteiger partial charge in [0, 0.05) is 0 Å². The Morgan fingerprint density at radius 2 is 1.71 bits per heavy atom. The first-order valence-corrected chi connectivity index (χ1v) is 3.84. The van der Waals surface area contributed by atoms with Gasteiger partial charge in [-0.05, 0) is 17.7 Å². The molecule has 0 amide bonds. The van der Waals surface area contributed by atoms with E-state index in [4.69, 9.17) is 9.84 Å². The second-order valence-electron chi connectivity index (χ2n) is 2.72. The van der Waals surface area contributed by atoms with E-state index in [9.17, 15) is 13.2 Å². The second kappa shape index (κ2) is 3.88. The molecule has 0 aliphatic heterocycles. The van der Waals surface area contributed by atoms with Crippen molar-refractivity contribution >= 4 is 0 Å². The number of hydrogen-bond donors (Lipinski definition) is 1. The van der Waals surface area contributed by atoms with Crippen molar-refractivity contribution in [2.75, 3.05) is 7.11 Å². The zero-order chi connectivity index (χ0) is 10.8. The number of halogens is 3. The topological polar surface area (TPSA) is 29.5 Å². The summed E-state index contributed by atoms with van der Waals surface area (Å²) in [5.74, 6) is 0.447. The molecule has 14 heavy (non-hydrogen) atoms. The predicted octanol–water partition coefficient (Wildman–Crippen LogP) is 2.29. The molecule has 1 aromatic carbocycles. The number of methoxy groups -OCH3 is 1. The number of hydrogen-bond acceptors (Lipinski definition) is 2. The van der Waals surface area contributed by atoms with E-state index >= 15 is 0 Å². The molecule has 0 saturated carbocycles. The van der Waals surface area contributed by atoms with Gasteiger partial charge in [-0.1, -0.05) is 12.1 Å². The van der Waals surface area contributed by atoms with Gasteiger partial charge >= 0.3 is 6.18 Å². The Morgan fingerprint density at radius 3 is 2.07 bits per heavy atom. The summed E-state index contributed by atoms with van der Waals surface area (Å²) >= 11 is 0. The van der Waals surface area contributed by atoms with Crippen molar-refractivity contribution in [3.8, 4) is 5.75 Å². The minimum Gasteiger partial charge on any atom is -0.497 e. The summed E-state index contributed by atoms with van der Waals surface area (Å²) in [4.78, 5) is 0. The number of aliphatic hydroxyl groups excluding tert-OH is 1. The van der Waals surface area contributed by atoms with E-state index in [1.807, 2.05) is 0 Å². The SMILES string of the molecule is COc1ccc([C@@H](O)C(F)(F)F)cc1. The Labute approximate surface area is 78.9 Å². The zero-order valence-corrected chi connectivity index (χ0v) is 7.38. The molecule has 0 bridgehead atoms. The van der Waals surface area contributed by atoms with E-state index in [0.717, 1.165) is 0 Å². The van der Waals surface area contributed by atoms with Gasteiger partial charge in [0.2, 0.25) is 0 Å². The summed E-state index contributed by atoms with van der Waals surface area (Å²) in [7, 11) is 1.41. The Balaban J connectivity index is 2.87. The largest absolute Gasteiger partial charge is 0.497 e. The first-order valence-electron chi connectivity index (χ1n) is 3.84. The van der Waals surface area contributed by atoms with Crippen LogP contribution in [0.4, 0.5) is 13.2 Å². The minimum atomic E-state index is -4.63. The standard InChI is InChI=1S/C9H9F3O2/c1-14-7-4-2-6(3-5-7)8(13)9(10,11)12/h2-5,8,13H,1H3/t8-/m1/s1. The van der Waals surface area contributed by atoms with E-state index in [1.165, 1.54) is 31.4 Å². The molecule has 1 rings (SSSR count). The van der Waals surface area contributed by atoms with Crippen LogP contribution < -0.4 is 4.74 Å². The molecule has 0 fully saturated rings. The fraction of sp³-hybridized carbons (Fsp3) is 0.333. The van der Waals surface area contributed by atoms with Crippen LogP contribution in [0.1, 0.15) is 11.7 Å². The molecule has 1 atom stereocenters. The molecular formula is C9H9F3O2. The average Bonchev–Trinajstić information content (AvgIpc) is 2.15. The Hall–Kier alpha value is -1.23. The Morgan fingerprint density at radius 1 is 1.21 bits per heavy atom. The molecule has 1 N–H and O–H groups in total. The normalized spacial score (nSPS) is 13.8. The number of alkyl halides is 3. The van der Waals surface area contributed by atoms with E-state index in [0.29, 0.717) is 5.75 Å². The van der Waals surface area contributed by atoms with E-state index in [2.05, 4.69) is 0 Å². The van der Waals surface area contributed by atoms with Crippen LogP contribution in [0, 0.1) is 0 Å². The van der Waals surface area contributed by atoms with Gasteiger partial charge in [-0.2, -0.15) is 13.2 Å². The van der Waals surface area contributed by atoms with Crippen molar-refractivity contribution in [1.29, 1.82) is 0 Å². The maximum absolute atomic E-state index is 12.0.